The SMILES string of the molecule is COc1ccccc1CCNCC(=O)NC1CC1. The number of para-hydroxylation sites is 1. The van der Waals surface area contributed by atoms with Gasteiger partial charge in [-0.25, -0.2) is 0 Å². The fourth-order valence-corrected chi connectivity index (χ4v) is 1.84. The lowest BCUT2D eigenvalue weighted by atomic mass is 10.1. The highest BCUT2D eigenvalue weighted by Crippen LogP contribution is 2.18. The highest BCUT2D eigenvalue weighted by atomic mass is 16.5. The van der Waals surface area contributed by atoms with Gasteiger partial charge in [-0.15, -0.1) is 0 Å². The van der Waals surface area contributed by atoms with Crippen LogP contribution in [0.15, 0.2) is 24.3 Å². The van der Waals surface area contributed by atoms with Crippen LogP contribution in [0.2, 0.25) is 0 Å². The highest BCUT2D eigenvalue weighted by Gasteiger charge is 2.22. The van der Waals surface area contributed by atoms with E-state index in [0.29, 0.717) is 12.6 Å². The minimum absolute atomic E-state index is 0.0949. The average Bonchev–Trinajstić information content (AvgIpc) is 3.19. The Morgan fingerprint density at radius 1 is 1.39 bits per heavy atom. The van der Waals surface area contributed by atoms with E-state index in [2.05, 4.69) is 10.6 Å². The Bertz CT molecular complexity index is 403. The van der Waals surface area contributed by atoms with Gasteiger partial charge in [0.2, 0.25) is 5.91 Å². The van der Waals surface area contributed by atoms with Gasteiger partial charge in [-0.2, -0.15) is 0 Å². The Kier molecular flexibility index (Phi) is 4.59. The molecule has 0 heterocycles. The van der Waals surface area contributed by atoms with E-state index in [1.165, 1.54) is 0 Å². The van der Waals surface area contributed by atoms with E-state index < -0.39 is 0 Å². The number of methoxy groups -OCH3 is 1. The molecule has 0 radical (unpaired) electrons. The molecule has 2 N–H and O–H groups in total. The average molecular weight is 248 g/mol. The molecule has 0 aliphatic heterocycles. The summed E-state index contributed by atoms with van der Waals surface area (Å²) < 4.78 is 5.28. The summed E-state index contributed by atoms with van der Waals surface area (Å²) in [6.45, 7) is 1.17. The molecule has 0 aromatic heterocycles. The van der Waals surface area contributed by atoms with Crippen molar-refractivity contribution in [2.45, 2.75) is 25.3 Å². The third kappa shape index (κ3) is 4.04. The molecular weight excluding hydrogens is 228 g/mol. The zero-order valence-electron chi connectivity index (χ0n) is 10.7. The lowest BCUT2D eigenvalue weighted by Gasteiger charge is -2.09. The van der Waals surface area contributed by atoms with Gasteiger partial charge in [0.05, 0.1) is 13.7 Å². The van der Waals surface area contributed by atoms with Crippen LogP contribution < -0.4 is 15.4 Å². The predicted octanol–water partition coefficient (Wildman–Crippen LogP) is 1.11. The summed E-state index contributed by atoms with van der Waals surface area (Å²) in [4.78, 5) is 11.4. The molecule has 1 aromatic carbocycles. The standard InChI is InChI=1S/C14H20N2O2/c1-18-13-5-3-2-4-11(13)8-9-15-10-14(17)16-12-6-7-12/h2-5,12,15H,6-10H2,1H3,(H,16,17). The molecule has 1 aromatic rings. The minimum Gasteiger partial charge on any atom is -0.496 e. The van der Waals surface area contributed by atoms with E-state index in [1.807, 2.05) is 24.3 Å². The van der Waals surface area contributed by atoms with Gasteiger partial charge < -0.3 is 15.4 Å². The summed E-state index contributed by atoms with van der Waals surface area (Å²) in [7, 11) is 1.68. The second kappa shape index (κ2) is 6.40. The van der Waals surface area contributed by atoms with Crippen molar-refractivity contribution in [3.63, 3.8) is 0 Å². The molecular formula is C14H20N2O2. The van der Waals surface area contributed by atoms with Crippen molar-refractivity contribution < 1.29 is 9.53 Å². The van der Waals surface area contributed by atoms with Gasteiger partial charge in [0.1, 0.15) is 5.75 Å². The quantitative estimate of drug-likeness (QED) is 0.711. The van der Waals surface area contributed by atoms with Crippen LogP contribution in [-0.4, -0.2) is 32.1 Å². The molecule has 0 bridgehead atoms. The number of ether oxygens (including phenoxy) is 1. The fraction of sp³-hybridized carbons (Fsp3) is 0.500. The minimum atomic E-state index is 0.0949. The van der Waals surface area contributed by atoms with Gasteiger partial charge in [-0.3, -0.25) is 4.79 Å². The summed E-state index contributed by atoms with van der Waals surface area (Å²) in [6, 6.07) is 8.39. The van der Waals surface area contributed by atoms with Gasteiger partial charge in [0.15, 0.2) is 0 Å². The smallest absolute Gasteiger partial charge is 0.234 e. The molecule has 1 aliphatic carbocycles. The number of rotatable bonds is 7. The molecule has 1 saturated carbocycles. The number of amides is 1. The number of carbonyl (C=O) groups is 1. The number of nitrogens with one attached hydrogen (secondary N) is 2. The van der Waals surface area contributed by atoms with Gasteiger partial charge in [-0.05, 0) is 37.4 Å². The number of hydrogen-bond acceptors (Lipinski definition) is 3. The first-order chi connectivity index (χ1) is 8.79. The largest absolute Gasteiger partial charge is 0.496 e. The fourth-order valence-electron chi connectivity index (χ4n) is 1.84. The molecule has 0 saturated heterocycles. The first-order valence-corrected chi connectivity index (χ1v) is 6.41. The zero-order valence-corrected chi connectivity index (χ0v) is 10.7. The van der Waals surface area contributed by atoms with Crippen molar-refractivity contribution in [3.05, 3.63) is 29.8 Å². The van der Waals surface area contributed by atoms with Crippen molar-refractivity contribution >= 4 is 5.91 Å². The molecule has 0 unspecified atom stereocenters. The van der Waals surface area contributed by atoms with E-state index in [4.69, 9.17) is 4.74 Å². The molecule has 0 atom stereocenters. The maximum atomic E-state index is 11.4. The second-order valence-corrected chi connectivity index (χ2v) is 4.58. The summed E-state index contributed by atoms with van der Waals surface area (Å²) >= 11 is 0. The van der Waals surface area contributed by atoms with Crippen LogP contribution in [0, 0.1) is 0 Å². The van der Waals surface area contributed by atoms with Crippen molar-refractivity contribution in [1.29, 1.82) is 0 Å². The third-order valence-corrected chi connectivity index (χ3v) is 2.99. The highest BCUT2D eigenvalue weighted by molar-refractivity contribution is 5.78. The molecule has 98 valence electrons. The van der Waals surface area contributed by atoms with E-state index in [-0.39, 0.29) is 5.91 Å². The van der Waals surface area contributed by atoms with Crippen molar-refractivity contribution in [1.82, 2.24) is 10.6 Å². The molecule has 4 nitrogen and oxygen atoms in total. The van der Waals surface area contributed by atoms with Crippen molar-refractivity contribution in [2.24, 2.45) is 0 Å². The van der Waals surface area contributed by atoms with Gasteiger partial charge in [-0.1, -0.05) is 18.2 Å². The monoisotopic (exact) mass is 248 g/mol. The second-order valence-electron chi connectivity index (χ2n) is 4.58. The molecule has 1 fully saturated rings. The first kappa shape index (κ1) is 12.9. The summed E-state index contributed by atoms with van der Waals surface area (Å²) in [5.41, 5.74) is 1.16. The van der Waals surface area contributed by atoms with Crippen LogP contribution in [0.5, 0.6) is 5.75 Å². The molecule has 0 spiro atoms. The van der Waals surface area contributed by atoms with E-state index in [1.54, 1.807) is 7.11 Å². The van der Waals surface area contributed by atoms with Crippen LogP contribution >= 0.6 is 0 Å². The Morgan fingerprint density at radius 3 is 2.89 bits per heavy atom. The lowest BCUT2D eigenvalue weighted by Crippen LogP contribution is -2.35. The van der Waals surface area contributed by atoms with Gasteiger partial charge in [0, 0.05) is 6.04 Å². The van der Waals surface area contributed by atoms with E-state index in [0.717, 1.165) is 37.1 Å². The summed E-state index contributed by atoms with van der Waals surface area (Å²) in [5, 5.41) is 6.10. The van der Waals surface area contributed by atoms with Crippen LogP contribution in [0.4, 0.5) is 0 Å². The Balaban J connectivity index is 1.66. The Labute approximate surface area is 108 Å². The topological polar surface area (TPSA) is 50.4 Å². The summed E-state index contributed by atoms with van der Waals surface area (Å²) in [6.07, 6.45) is 3.13. The van der Waals surface area contributed by atoms with Crippen LogP contribution in [0.25, 0.3) is 0 Å². The molecule has 1 aliphatic rings. The number of benzene rings is 1. The van der Waals surface area contributed by atoms with E-state index >= 15 is 0 Å². The number of hydrogen-bond donors (Lipinski definition) is 2. The Hall–Kier alpha value is -1.55. The van der Waals surface area contributed by atoms with Crippen molar-refractivity contribution in [2.75, 3.05) is 20.2 Å². The molecule has 1 amide bonds. The van der Waals surface area contributed by atoms with Crippen LogP contribution in [-0.2, 0) is 11.2 Å². The lowest BCUT2D eigenvalue weighted by molar-refractivity contribution is -0.120. The van der Waals surface area contributed by atoms with Crippen molar-refractivity contribution in [3.8, 4) is 5.75 Å². The molecule has 18 heavy (non-hydrogen) atoms. The number of carbonyl (C=O) groups excluding carboxylic acids is 1. The van der Waals surface area contributed by atoms with E-state index in [9.17, 15) is 4.79 Å². The van der Waals surface area contributed by atoms with Crippen LogP contribution in [0.1, 0.15) is 18.4 Å². The first-order valence-electron chi connectivity index (χ1n) is 6.41. The zero-order chi connectivity index (χ0) is 12.8. The summed E-state index contributed by atoms with van der Waals surface area (Å²) in [5.74, 6) is 0.999. The van der Waals surface area contributed by atoms with Crippen LogP contribution in [0.3, 0.4) is 0 Å². The normalized spacial score (nSPS) is 14.3. The third-order valence-electron chi connectivity index (χ3n) is 2.99. The maximum absolute atomic E-state index is 11.4. The van der Waals surface area contributed by atoms with Gasteiger partial charge in [0.25, 0.3) is 0 Å². The molecule has 2 rings (SSSR count). The predicted molar refractivity (Wildman–Crippen MR) is 70.7 cm³/mol. The maximum Gasteiger partial charge on any atom is 0.234 e. The Morgan fingerprint density at radius 2 is 2.17 bits per heavy atom. The molecule has 4 heteroatoms. The van der Waals surface area contributed by atoms with Gasteiger partial charge >= 0.3 is 0 Å².